The van der Waals surface area contributed by atoms with Crippen LogP contribution in [0.3, 0.4) is 0 Å². The smallest absolute Gasteiger partial charge is 0.251 e. The number of nitrogens with zero attached hydrogens (tertiary/aromatic N) is 4. The predicted octanol–water partition coefficient (Wildman–Crippen LogP) is 4.13. The van der Waals surface area contributed by atoms with E-state index in [1.54, 1.807) is 10.6 Å². The Balaban J connectivity index is 1.78. The van der Waals surface area contributed by atoms with E-state index in [-0.39, 0.29) is 22.8 Å². The monoisotopic (exact) mass is 379 g/mol. The van der Waals surface area contributed by atoms with E-state index in [0.29, 0.717) is 16.8 Å². The minimum atomic E-state index is -0.0988. The fraction of sp³-hybridized carbons (Fsp3) is 0.300. The highest BCUT2D eigenvalue weighted by atomic mass is 35.5. The van der Waals surface area contributed by atoms with Crippen molar-refractivity contribution in [2.24, 2.45) is 0 Å². The lowest BCUT2D eigenvalue weighted by atomic mass is 9.98. The molecule has 1 aromatic carbocycles. The standard InChI is InChI=1S/C20H18ClN5O/c1-11-13(9-22)4-3-5-15(11)12(2)23-20-17-10-26(14-6-7-14)18(27)8-16(17)19(21)24-25-20/h3-5,8,10,12,14H,6-7H2,1-2H3,(H,23,25)/t12-/m1/s1. The van der Waals surface area contributed by atoms with Crippen LogP contribution in [0.15, 0.2) is 35.3 Å². The highest BCUT2D eigenvalue weighted by Gasteiger charge is 2.25. The average Bonchev–Trinajstić information content (AvgIpc) is 3.49. The summed E-state index contributed by atoms with van der Waals surface area (Å²) >= 11 is 6.18. The Morgan fingerprint density at radius 2 is 2.11 bits per heavy atom. The van der Waals surface area contributed by atoms with Gasteiger partial charge in [-0.1, -0.05) is 23.7 Å². The van der Waals surface area contributed by atoms with Crippen molar-refractivity contribution < 1.29 is 0 Å². The molecule has 1 fully saturated rings. The third kappa shape index (κ3) is 3.15. The van der Waals surface area contributed by atoms with Crippen LogP contribution in [-0.2, 0) is 0 Å². The number of hydrogen-bond donors (Lipinski definition) is 1. The van der Waals surface area contributed by atoms with Crippen molar-refractivity contribution in [3.63, 3.8) is 0 Å². The van der Waals surface area contributed by atoms with Gasteiger partial charge in [0.25, 0.3) is 5.56 Å². The van der Waals surface area contributed by atoms with Crippen molar-refractivity contribution in [2.45, 2.75) is 38.8 Å². The maximum atomic E-state index is 12.3. The Morgan fingerprint density at radius 3 is 2.81 bits per heavy atom. The topological polar surface area (TPSA) is 83.6 Å². The first-order valence-electron chi connectivity index (χ1n) is 8.84. The second-order valence-corrected chi connectivity index (χ2v) is 7.27. The van der Waals surface area contributed by atoms with E-state index in [2.05, 4.69) is 21.6 Å². The normalized spacial score (nSPS) is 14.7. The van der Waals surface area contributed by atoms with Gasteiger partial charge in [-0.3, -0.25) is 4.79 Å². The van der Waals surface area contributed by atoms with E-state index >= 15 is 0 Å². The predicted molar refractivity (Wildman–Crippen MR) is 105 cm³/mol. The summed E-state index contributed by atoms with van der Waals surface area (Å²) in [6.45, 7) is 3.94. The summed E-state index contributed by atoms with van der Waals surface area (Å²) in [4.78, 5) is 12.3. The Hall–Kier alpha value is -2.91. The zero-order chi connectivity index (χ0) is 19.1. The Labute approximate surface area is 161 Å². The number of fused-ring (bicyclic) bond motifs is 1. The lowest BCUT2D eigenvalue weighted by Crippen LogP contribution is -2.18. The molecular formula is C20H18ClN5O. The molecule has 0 radical (unpaired) electrons. The first-order valence-corrected chi connectivity index (χ1v) is 9.21. The molecule has 1 aliphatic carbocycles. The molecule has 0 spiro atoms. The third-order valence-corrected chi connectivity index (χ3v) is 5.33. The number of nitrogens with one attached hydrogen (secondary N) is 1. The van der Waals surface area contributed by atoms with Crippen molar-refractivity contribution >= 4 is 28.2 Å². The van der Waals surface area contributed by atoms with Crippen molar-refractivity contribution in [3.8, 4) is 6.07 Å². The van der Waals surface area contributed by atoms with Gasteiger partial charge in [0.05, 0.1) is 17.7 Å². The molecule has 1 N–H and O–H groups in total. The van der Waals surface area contributed by atoms with Crippen molar-refractivity contribution in [1.29, 1.82) is 5.26 Å². The summed E-state index contributed by atoms with van der Waals surface area (Å²) in [6.07, 6.45) is 3.84. The first kappa shape index (κ1) is 17.5. The van der Waals surface area contributed by atoms with Gasteiger partial charge in [-0.15, -0.1) is 10.2 Å². The molecule has 4 rings (SSSR count). The minimum absolute atomic E-state index is 0.0727. The number of halogens is 1. The average molecular weight is 380 g/mol. The molecule has 0 unspecified atom stereocenters. The molecule has 0 amide bonds. The molecule has 1 atom stereocenters. The van der Waals surface area contributed by atoms with Crippen molar-refractivity contribution in [2.75, 3.05) is 5.32 Å². The van der Waals surface area contributed by atoms with Crippen LogP contribution in [0, 0.1) is 18.3 Å². The highest BCUT2D eigenvalue weighted by molar-refractivity contribution is 6.34. The van der Waals surface area contributed by atoms with Gasteiger partial charge in [-0.25, -0.2) is 0 Å². The Kier molecular flexibility index (Phi) is 4.33. The molecule has 27 heavy (non-hydrogen) atoms. The summed E-state index contributed by atoms with van der Waals surface area (Å²) in [5.41, 5.74) is 2.52. The molecule has 0 saturated heterocycles. The lowest BCUT2D eigenvalue weighted by Gasteiger charge is -2.19. The van der Waals surface area contributed by atoms with E-state index in [1.165, 1.54) is 6.07 Å². The summed E-state index contributed by atoms with van der Waals surface area (Å²) in [7, 11) is 0. The summed E-state index contributed by atoms with van der Waals surface area (Å²) in [5.74, 6) is 0.568. The van der Waals surface area contributed by atoms with Crippen LogP contribution < -0.4 is 10.9 Å². The third-order valence-electron chi connectivity index (χ3n) is 5.05. The number of rotatable bonds is 4. The van der Waals surface area contributed by atoms with Crippen LogP contribution in [0.5, 0.6) is 0 Å². The van der Waals surface area contributed by atoms with Crippen LogP contribution in [0.1, 0.15) is 48.5 Å². The summed E-state index contributed by atoms with van der Waals surface area (Å²) < 4.78 is 1.75. The van der Waals surface area contributed by atoms with E-state index < -0.39 is 0 Å². The van der Waals surface area contributed by atoms with Gasteiger partial charge in [0, 0.05) is 29.1 Å². The molecule has 7 heteroatoms. The second-order valence-electron chi connectivity index (χ2n) is 6.91. The van der Waals surface area contributed by atoms with Crippen molar-refractivity contribution in [3.05, 3.63) is 62.7 Å². The summed E-state index contributed by atoms with van der Waals surface area (Å²) in [5, 5.41) is 22.4. The van der Waals surface area contributed by atoms with Crippen LogP contribution >= 0.6 is 11.6 Å². The SMILES string of the molecule is Cc1c(C#N)cccc1[C@@H](C)Nc1nnc(Cl)c2cc(=O)n(C3CC3)cc12. The zero-order valence-electron chi connectivity index (χ0n) is 15.0. The molecule has 1 aliphatic rings. The Morgan fingerprint density at radius 1 is 1.33 bits per heavy atom. The second kappa shape index (κ2) is 6.67. The highest BCUT2D eigenvalue weighted by Crippen LogP contribution is 2.35. The van der Waals surface area contributed by atoms with Crippen LogP contribution in [-0.4, -0.2) is 14.8 Å². The fourth-order valence-electron chi connectivity index (χ4n) is 3.38. The first-order chi connectivity index (χ1) is 13.0. The summed E-state index contributed by atoms with van der Waals surface area (Å²) in [6, 6.07) is 9.56. The number of pyridine rings is 1. The molecular weight excluding hydrogens is 362 g/mol. The molecule has 6 nitrogen and oxygen atoms in total. The molecule has 0 bridgehead atoms. The van der Waals surface area contributed by atoms with Crippen molar-refractivity contribution in [1.82, 2.24) is 14.8 Å². The number of nitriles is 1. The molecule has 136 valence electrons. The van der Waals surface area contributed by atoms with Gasteiger partial charge in [-0.2, -0.15) is 5.26 Å². The number of benzene rings is 1. The largest absolute Gasteiger partial charge is 0.361 e. The van der Waals surface area contributed by atoms with Gasteiger partial charge < -0.3 is 9.88 Å². The molecule has 2 aromatic heterocycles. The number of hydrogen-bond acceptors (Lipinski definition) is 5. The van der Waals surface area contributed by atoms with E-state index in [0.717, 1.165) is 29.4 Å². The van der Waals surface area contributed by atoms with Gasteiger partial charge >= 0.3 is 0 Å². The van der Waals surface area contributed by atoms with Crippen LogP contribution in [0.4, 0.5) is 5.82 Å². The van der Waals surface area contributed by atoms with Gasteiger partial charge in [0.1, 0.15) is 0 Å². The molecule has 3 aromatic rings. The molecule has 2 heterocycles. The zero-order valence-corrected chi connectivity index (χ0v) is 15.8. The number of anilines is 1. The lowest BCUT2D eigenvalue weighted by molar-refractivity contribution is 0.712. The maximum Gasteiger partial charge on any atom is 0.251 e. The number of aromatic nitrogens is 3. The van der Waals surface area contributed by atoms with Gasteiger partial charge in [0.15, 0.2) is 11.0 Å². The van der Waals surface area contributed by atoms with E-state index in [1.807, 2.05) is 32.2 Å². The van der Waals surface area contributed by atoms with Crippen LogP contribution in [0.2, 0.25) is 5.15 Å². The van der Waals surface area contributed by atoms with Gasteiger partial charge in [0.2, 0.25) is 0 Å². The fourth-order valence-corrected chi connectivity index (χ4v) is 3.57. The van der Waals surface area contributed by atoms with E-state index in [9.17, 15) is 10.1 Å². The maximum absolute atomic E-state index is 12.3. The molecule has 1 saturated carbocycles. The minimum Gasteiger partial charge on any atom is -0.361 e. The quantitative estimate of drug-likeness (QED) is 0.736. The van der Waals surface area contributed by atoms with Crippen LogP contribution in [0.25, 0.3) is 10.8 Å². The van der Waals surface area contributed by atoms with E-state index in [4.69, 9.17) is 11.6 Å². The van der Waals surface area contributed by atoms with Gasteiger partial charge in [-0.05, 0) is 43.9 Å². The molecule has 0 aliphatic heterocycles. The Bertz CT molecular complexity index is 1140.